The van der Waals surface area contributed by atoms with Gasteiger partial charge in [0.15, 0.2) is 6.10 Å². The topological polar surface area (TPSA) is 78.9 Å². The molecule has 0 radical (unpaired) electrons. The fourth-order valence-corrected chi connectivity index (χ4v) is 7.38. The molecule has 0 heterocycles. The van der Waals surface area contributed by atoms with Crippen molar-refractivity contribution in [2.45, 2.75) is 272 Å². The summed E-state index contributed by atoms with van der Waals surface area (Å²) in [5, 5.41) is 0. The average Bonchev–Trinajstić information content (AvgIpc) is 3.16. The summed E-state index contributed by atoms with van der Waals surface area (Å²) in [5.74, 6) is 1.59. The molecule has 0 saturated heterocycles. The zero-order valence-corrected chi connectivity index (χ0v) is 38.4. The second-order valence-electron chi connectivity index (χ2n) is 18.3. The number of esters is 3. The summed E-state index contributed by atoms with van der Waals surface area (Å²) < 4.78 is 16.7. The molecule has 0 fully saturated rings. The third kappa shape index (κ3) is 42.0. The maximum atomic E-state index is 12.8. The summed E-state index contributed by atoms with van der Waals surface area (Å²) in [4.78, 5) is 37.8. The Hall–Kier alpha value is -1.59. The Morgan fingerprint density at radius 1 is 0.357 bits per heavy atom. The fourth-order valence-electron chi connectivity index (χ4n) is 7.38. The molecular formula is C50H96O6. The van der Waals surface area contributed by atoms with Gasteiger partial charge in [0.2, 0.25) is 0 Å². The minimum absolute atomic E-state index is 0.0663. The van der Waals surface area contributed by atoms with Crippen LogP contribution in [0, 0.1) is 17.8 Å². The van der Waals surface area contributed by atoms with Crippen molar-refractivity contribution in [3.63, 3.8) is 0 Å². The van der Waals surface area contributed by atoms with Crippen molar-refractivity contribution in [3.8, 4) is 0 Å². The van der Waals surface area contributed by atoms with E-state index in [-0.39, 0.29) is 31.1 Å². The van der Waals surface area contributed by atoms with Crippen LogP contribution in [0.25, 0.3) is 0 Å². The summed E-state index contributed by atoms with van der Waals surface area (Å²) in [6.07, 6.45) is 39.6. The molecule has 1 unspecified atom stereocenters. The third-order valence-electron chi connectivity index (χ3n) is 11.5. The number of carbonyl (C=O) groups is 3. The highest BCUT2D eigenvalue weighted by Crippen LogP contribution is 2.18. The van der Waals surface area contributed by atoms with Gasteiger partial charge in [-0.05, 0) is 37.0 Å². The molecule has 6 nitrogen and oxygen atoms in total. The van der Waals surface area contributed by atoms with Gasteiger partial charge in [0.25, 0.3) is 0 Å². The highest BCUT2D eigenvalue weighted by Gasteiger charge is 2.19. The minimum Gasteiger partial charge on any atom is -0.462 e. The molecule has 0 N–H and O–H groups in total. The maximum absolute atomic E-state index is 12.8. The first kappa shape index (κ1) is 54.4. The van der Waals surface area contributed by atoms with E-state index in [0.29, 0.717) is 19.3 Å². The van der Waals surface area contributed by atoms with Crippen LogP contribution in [-0.2, 0) is 28.6 Å². The van der Waals surface area contributed by atoms with Crippen molar-refractivity contribution in [1.82, 2.24) is 0 Å². The molecule has 56 heavy (non-hydrogen) atoms. The van der Waals surface area contributed by atoms with Crippen molar-refractivity contribution >= 4 is 17.9 Å². The second kappa shape index (κ2) is 41.6. The van der Waals surface area contributed by atoms with Crippen LogP contribution in [0.4, 0.5) is 0 Å². The lowest BCUT2D eigenvalue weighted by atomic mass is 9.99. The predicted octanol–water partition coefficient (Wildman–Crippen LogP) is 15.6. The lowest BCUT2D eigenvalue weighted by molar-refractivity contribution is -0.167. The molecule has 2 atom stereocenters. The number of rotatable bonds is 43. The molecule has 0 aromatic carbocycles. The van der Waals surface area contributed by atoms with Gasteiger partial charge in [-0.2, -0.15) is 0 Å². The molecule has 0 rings (SSSR count). The average molecular weight is 793 g/mol. The minimum atomic E-state index is -0.762. The third-order valence-corrected chi connectivity index (χ3v) is 11.5. The first-order chi connectivity index (χ1) is 27.1. The molecule has 0 aliphatic carbocycles. The number of ether oxygens (including phenoxy) is 3. The summed E-state index contributed by atoms with van der Waals surface area (Å²) in [5.41, 5.74) is 0. The van der Waals surface area contributed by atoms with Crippen LogP contribution in [0.1, 0.15) is 266 Å². The Balaban J connectivity index is 4.29. The Bertz CT molecular complexity index is 870. The Kier molecular flexibility index (Phi) is 40.4. The Morgan fingerprint density at radius 3 is 0.929 bits per heavy atom. The van der Waals surface area contributed by atoms with Gasteiger partial charge in [-0.3, -0.25) is 14.4 Å². The highest BCUT2D eigenvalue weighted by molar-refractivity contribution is 5.71. The largest absolute Gasteiger partial charge is 0.462 e. The van der Waals surface area contributed by atoms with Crippen LogP contribution in [0.2, 0.25) is 0 Å². The van der Waals surface area contributed by atoms with Crippen molar-refractivity contribution in [3.05, 3.63) is 0 Å². The predicted molar refractivity (Wildman–Crippen MR) is 238 cm³/mol. The van der Waals surface area contributed by atoms with Crippen LogP contribution >= 0.6 is 0 Å². The Morgan fingerprint density at radius 2 is 0.625 bits per heavy atom. The molecule has 0 spiro atoms. The fraction of sp³-hybridized carbons (Fsp3) is 0.940. The number of hydrogen-bond acceptors (Lipinski definition) is 6. The molecule has 0 aromatic rings. The second-order valence-corrected chi connectivity index (χ2v) is 18.3. The molecule has 0 saturated carbocycles. The first-order valence-electron chi connectivity index (χ1n) is 24.6. The van der Waals surface area contributed by atoms with Crippen LogP contribution in [0.3, 0.4) is 0 Å². The molecule has 0 aliphatic rings. The van der Waals surface area contributed by atoms with E-state index < -0.39 is 6.10 Å². The van der Waals surface area contributed by atoms with E-state index in [0.717, 1.165) is 75.5 Å². The summed E-state index contributed by atoms with van der Waals surface area (Å²) in [6, 6.07) is 0. The molecule has 0 bridgehead atoms. The molecule has 0 aliphatic heterocycles. The van der Waals surface area contributed by atoms with E-state index in [1.54, 1.807) is 0 Å². The van der Waals surface area contributed by atoms with Crippen molar-refractivity contribution in [2.24, 2.45) is 17.8 Å². The lowest BCUT2D eigenvalue weighted by Gasteiger charge is -2.18. The van der Waals surface area contributed by atoms with Crippen LogP contribution in [0.5, 0.6) is 0 Å². The molecule has 332 valence electrons. The number of hydrogen-bond donors (Lipinski definition) is 0. The monoisotopic (exact) mass is 793 g/mol. The van der Waals surface area contributed by atoms with Gasteiger partial charge < -0.3 is 14.2 Å². The number of carbonyl (C=O) groups excluding carboxylic acids is 3. The number of unbranched alkanes of at least 4 members (excludes halogenated alkanes) is 25. The van der Waals surface area contributed by atoms with Gasteiger partial charge in [0.05, 0.1) is 0 Å². The normalized spacial score (nSPS) is 12.6. The first-order valence-corrected chi connectivity index (χ1v) is 24.6. The lowest BCUT2D eigenvalue weighted by Crippen LogP contribution is -2.30. The summed E-state index contributed by atoms with van der Waals surface area (Å²) in [6.45, 7) is 13.6. The standard InChI is InChI=1S/C50H96O6/c1-7-46(6)38-32-26-19-16-17-20-27-33-39-48(51)54-42-47(43-55-49(52)40-34-28-23-22-25-31-37-45(4)5)56-50(53)41-35-29-21-15-13-11-9-8-10-12-14-18-24-30-36-44(2)3/h44-47H,7-43H2,1-6H3/t46?,47-/m0/s1. The summed E-state index contributed by atoms with van der Waals surface area (Å²) in [7, 11) is 0. The quantitative estimate of drug-likeness (QED) is 0.0348. The Labute approximate surface area is 348 Å². The van der Waals surface area contributed by atoms with Crippen LogP contribution in [0.15, 0.2) is 0 Å². The molecule has 0 amide bonds. The van der Waals surface area contributed by atoms with Gasteiger partial charge in [-0.1, -0.05) is 228 Å². The van der Waals surface area contributed by atoms with Crippen LogP contribution in [-0.4, -0.2) is 37.2 Å². The summed E-state index contributed by atoms with van der Waals surface area (Å²) >= 11 is 0. The van der Waals surface area contributed by atoms with Crippen molar-refractivity contribution < 1.29 is 28.6 Å². The zero-order valence-electron chi connectivity index (χ0n) is 38.4. The van der Waals surface area contributed by atoms with Crippen LogP contribution < -0.4 is 0 Å². The molecule has 6 heteroatoms. The van der Waals surface area contributed by atoms with Gasteiger partial charge in [0.1, 0.15) is 13.2 Å². The smallest absolute Gasteiger partial charge is 0.306 e. The van der Waals surface area contributed by atoms with E-state index in [4.69, 9.17) is 14.2 Å². The molecular weight excluding hydrogens is 697 g/mol. The van der Waals surface area contributed by atoms with Crippen molar-refractivity contribution in [1.29, 1.82) is 0 Å². The SMILES string of the molecule is CCC(C)CCCCCCCCCCC(=O)OC[C@@H](COC(=O)CCCCCCCCC(C)C)OC(=O)CCCCCCCCCCCCCCCCC(C)C. The van der Waals surface area contributed by atoms with Gasteiger partial charge in [-0.15, -0.1) is 0 Å². The van der Waals surface area contributed by atoms with E-state index in [2.05, 4.69) is 41.5 Å². The maximum Gasteiger partial charge on any atom is 0.306 e. The van der Waals surface area contributed by atoms with Gasteiger partial charge in [0, 0.05) is 19.3 Å². The molecule has 0 aromatic heterocycles. The van der Waals surface area contributed by atoms with E-state index >= 15 is 0 Å². The van der Waals surface area contributed by atoms with E-state index in [9.17, 15) is 14.4 Å². The highest BCUT2D eigenvalue weighted by atomic mass is 16.6. The zero-order chi connectivity index (χ0) is 41.3. The van der Waals surface area contributed by atoms with Gasteiger partial charge >= 0.3 is 17.9 Å². The van der Waals surface area contributed by atoms with Crippen molar-refractivity contribution in [2.75, 3.05) is 13.2 Å². The van der Waals surface area contributed by atoms with E-state index in [1.165, 1.54) is 148 Å². The van der Waals surface area contributed by atoms with Gasteiger partial charge in [-0.25, -0.2) is 0 Å². The van der Waals surface area contributed by atoms with E-state index in [1.807, 2.05) is 0 Å².